The molecule has 1 heterocycles. The van der Waals surface area contributed by atoms with Crippen molar-refractivity contribution in [1.29, 1.82) is 0 Å². The third-order valence-electron chi connectivity index (χ3n) is 4.16. The van der Waals surface area contributed by atoms with Gasteiger partial charge < -0.3 is 5.11 Å². The van der Waals surface area contributed by atoms with Gasteiger partial charge in [-0.05, 0) is 33.5 Å². The standard InChI is InChI=1S/C20H14N2O2/c23-20(24)19-10-14(15-11-21-22-12-15)8-9-18(19)17-7-3-5-13-4-1-2-6-16(13)17/h1-12H,(H,21,22)(H,23,24). The minimum Gasteiger partial charge on any atom is -0.478 e. The first kappa shape index (κ1) is 14.2. The zero-order valence-electron chi connectivity index (χ0n) is 12.7. The number of H-pyrrole nitrogens is 1. The molecule has 0 amide bonds. The Labute approximate surface area is 138 Å². The molecular formula is C20H14N2O2. The molecule has 4 nitrogen and oxygen atoms in total. The predicted molar refractivity (Wildman–Crippen MR) is 93.9 cm³/mol. The van der Waals surface area contributed by atoms with Crippen LogP contribution in [0.2, 0.25) is 0 Å². The van der Waals surface area contributed by atoms with E-state index in [0.717, 1.165) is 27.5 Å². The van der Waals surface area contributed by atoms with Crippen LogP contribution in [0.3, 0.4) is 0 Å². The van der Waals surface area contributed by atoms with Crippen molar-refractivity contribution in [1.82, 2.24) is 10.2 Å². The topological polar surface area (TPSA) is 66.0 Å². The number of hydrogen-bond donors (Lipinski definition) is 2. The molecule has 24 heavy (non-hydrogen) atoms. The molecular weight excluding hydrogens is 300 g/mol. The molecule has 2 N–H and O–H groups in total. The molecule has 0 radical (unpaired) electrons. The molecule has 0 atom stereocenters. The maximum Gasteiger partial charge on any atom is 0.336 e. The van der Waals surface area contributed by atoms with Crippen molar-refractivity contribution in [2.24, 2.45) is 0 Å². The summed E-state index contributed by atoms with van der Waals surface area (Å²) >= 11 is 0. The SMILES string of the molecule is O=C(O)c1cc(-c2cn[nH]c2)ccc1-c1cccc2ccccc12. The molecule has 0 bridgehead atoms. The fraction of sp³-hybridized carbons (Fsp3) is 0. The van der Waals surface area contributed by atoms with Crippen LogP contribution in [0.25, 0.3) is 33.0 Å². The van der Waals surface area contributed by atoms with Crippen molar-refractivity contribution >= 4 is 16.7 Å². The maximum absolute atomic E-state index is 11.8. The number of nitrogens with one attached hydrogen (secondary N) is 1. The van der Waals surface area contributed by atoms with Crippen LogP contribution in [0.1, 0.15) is 10.4 Å². The highest BCUT2D eigenvalue weighted by Gasteiger charge is 2.15. The molecule has 0 aliphatic carbocycles. The lowest BCUT2D eigenvalue weighted by atomic mass is 9.92. The van der Waals surface area contributed by atoms with Gasteiger partial charge in [0.05, 0.1) is 11.8 Å². The summed E-state index contributed by atoms with van der Waals surface area (Å²) in [5.74, 6) is -0.941. The Hall–Kier alpha value is -3.40. The molecule has 0 saturated carbocycles. The lowest BCUT2D eigenvalue weighted by Crippen LogP contribution is -2.00. The van der Waals surface area contributed by atoms with Crippen LogP contribution in [-0.2, 0) is 0 Å². The van der Waals surface area contributed by atoms with Gasteiger partial charge in [0.15, 0.2) is 0 Å². The van der Waals surface area contributed by atoms with Crippen LogP contribution in [-0.4, -0.2) is 21.3 Å². The number of rotatable bonds is 3. The predicted octanol–water partition coefficient (Wildman–Crippen LogP) is 4.60. The molecule has 0 aliphatic rings. The van der Waals surface area contributed by atoms with E-state index < -0.39 is 5.97 Å². The lowest BCUT2D eigenvalue weighted by molar-refractivity contribution is 0.0698. The van der Waals surface area contributed by atoms with Crippen molar-refractivity contribution in [2.45, 2.75) is 0 Å². The molecule has 3 aromatic carbocycles. The van der Waals surface area contributed by atoms with Crippen LogP contribution < -0.4 is 0 Å². The van der Waals surface area contributed by atoms with Crippen molar-refractivity contribution in [2.75, 3.05) is 0 Å². The quantitative estimate of drug-likeness (QED) is 0.581. The Morgan fingerprint density at radius 2 is 1.75 bits per heavy atom. The van der Waals surface area contributed by atoms with Crippen molar-refractivity contribution in [3.63, 3.8) is 0 Å². The van der Waals surface area contributed by atoms with E-state index >= 15 is 0 Å². The summed E-state index contributed by atoms with van der Waals surface area (Å²) in [4.78, 5) is 11.8. The van der Waals surface area contributed by atoms with Crippen LogP contribution in [0.15, 0.2) is 73.1 Å². The van der Waals surface area contributed by atoms with Gasteiger partial charge in [0, 0.05) is 11.8 Å². The molecule has 4 heteroatoms. The lowest BCUT2D eigenvalue weighted by Gasteiger charge is -2.11. The molecule has 0 unspecified atom stereocenters. The van der Waals surface area contributed by atoms with Crippen molar-refractivity contribution in [3.8, 4) is 22.3 Å². The third kappa shape index (κ3) is 2.34. The van der Waals surface area contributed by atoms with Gasteiger partial charge in [0.1, 0.15) is 0 Å². The number of fused-ring (bicyclic) bond motifs is 1. The fourth-order valence-electron chi connectivity index (χ4n) is 3.00. The number of aromatic amines is 1. The Balaban J connectivity index is 1.96. The average Bonchev–Trinajstić information content (AvgIpc) is 3.15. The van der Waals surface area contributed by atoms with Gasteiger partial charge >= 0.3 is 5.97 Å². The Morgan fingerprint density at radius 3 is 2.54 bits per heavy atom. The summed E-state index contributed by atoms with van der Waals surface area (Å²) in [5, 5.41) is 18.5. The third-order valence-corrected chi connectivity index (χ3v) is 4.16. The highest BCUT2D eigenvalue weighted by Crippen LogP contribution is 2.33. The molecule has 0 spiro atoms. The summed E-state index contributed by atoms with van der Waals surface area (Å²) in [6, 6.07) is 19.4. The van der Waals surface area contributed by atoms with Crippen LogP contribution in [0.5, 0.6) is 0 Å². The van der Waals surface area contributed by atoms with Gasteiger partial charge in [-0.3, -0.25) is 5.10 Å². The Bertz CT molecular complexity index is 1030. The number of carbonyl (C=O) groups is 1. The van der Waals surface area contributed by atoms with E-state index in [4.69, 9.17) is 0 Å². The highest BCUT2D eigenvalue weighted by molar-refractivity contribution is 6.04. The Morgan fingerprint density at radius 1 is 0.917 bits per heavy atom. The van der Waals surface area contributed by atoms with E-state index in [1.54, 1.807) is 18.5 Å². The van der Waals surface area contributed by atoms with Crippen LogP contribution >= 0.6 is 0 Å². The van der Waals surface area contributed by atoms with Gasteiger partial charge in [0.2, 0.25) is 0 Å². The molecule has 4 rings (SSSR count). The minimum atomic E-state index is -0.941. The molecule has 0 aliphatic heterocycles. The molecule has 1 aromatic heterocycles. The number of carboxylic acids is 1. The number of aromatic carboxylic acids is 1. The number of nitrogens with zero attached hydrogens (tertiary/aromatic N) is 1. The minimum absolute atomic E-state index is 0.282. The van der Waals surface area contributed by atoms with Gasteiger partial charge in [0.25, 0.3) is 0 Å². The van der Waals surface area contributed by atoms with E-state index in [2.05, 4.69) is 10.2 Å². The fourth-order valence-corrected chi connectivity index (χ4v) is 3.00. The number of aromatic nitrogens is 2. The highest BCUT2D eigenvalue weighted by atomic mass is 16.4. The zero-order chi connectivity index (χ0) is 16.5. The normalized spacial score (nSPS) is 10.8. The summed E-state index contributed by atoms with van der Waals surface area (Å²) in [7, 11) is 0. The van der Waals surface area contributed by atoms with Gasteiger partial charge in [-0.25, -0.2) is 4.79 Å². The number of carboxylic acid groups (broad SMARTS) is 1. The van der Waals surface area contributed by atoms with E-state index in [9.17, 15) is 9.90 Å². The summed E-state index contributed by atoms with van der Waals surface area (Å²) in [5.41, 5.74) is 3.60. The van der Waals surface area contributed by atoms with Crippen molar-refractivity contribution in [3.05, 3.63) is 78.6 Å². The zero-order valence-corrected chi connectivity index (χ0v) is 12.7. The average molecular weight is 314 g/mol. The first-order chi connectivity index (χ1) is 11.7. The largest absolute Gasteiger partial charge is 0.478 e. The smallest absolute Gasteiger partial charge is 0.336 e. The monoisotopic (exact) mass is 314 g/mol. The molecule has 4 aromatic rings. The number of hydrogen-bond acceptors (Lipinski definition) is 2. The molecule has 116 valence electrons. The molecule has 0 fully saturated rings. The second-order valence-corrected chi connectivity index (χ2v) is 5.58. The van der Waals surface area contributed by atoms with Gasteiger partial charge in [-0.15, -0.1) is 0 Å². The maximum atomic E-state index is 11.8. The Kier molecular flexibility index (Phi) is 3.35. The van der Waals surface area contributed by atoms with Crippen LogP contribution in [0, 0.1) is 0 Å². The second-order valence-electron chi connectivity index (χ2n) is 5.58. The number of benzene rings is 3. The van der Waals surface area contributed by atoms with Gasteiger partial charge in [-0.1, -0.05) is 54.6 Å². The van der Waals surface area contributed by atoms with Crippen LogP contribution in [0.4, 0.5) is 0 Å². The summed E-state index contributed by atoms with van der Waals surface area (Å²) in [6.45, 7) is 0. The summed E-state index contributed by atoms with van der Waals surface area (Å²) in [6.07, 6.45) is 3.43. The molecule has 0 saturated heterocycles. The van der Waals surface area contributed by atoms with E-state index in [0.29, 0.717) is 5.56 Å². The van der Waals surface area contributed by atoms with E-state index in [-0.39, 0.29) is 5.56 Å². The second kappa shape index (κ2) is 5.66. The van der Waals surface area contributed by atoms with Gasteiger partial charge in [-0.2, -0.15) is 5.10 Å². The summed E-state index contributed by atoms with van der Waals surface area (Å²) < 4.78 is 0. The first-order valence-electron chi connectivity index (χ1n) is 7.58. The van der Waals surface area contributed by atoms with E-state index in [1.807, 2.05) is 54.6 Å². The first-order valence-corrected chi connectivity index (χ1v) is 7.58. The van der Waals surface area contributed by atoms with E-state index in [1.165, 1.54) is 0 Å². The van der Waals surface area contributed by atoms with Crippen molar-refractivity contribution < 1.29 is 9.90 Å².